The van der Waals surface area contributed by atoms with Crippen LogP contribution in [0.15, 0.2) is 24.3 Å². The number of aliphatic hydroxyl groups excluding tert-OH is 1. The highest BCUT2D eigenvalue weighted by Crippen LogP contribution is 2.25. The zero-order valence-electron chi connectivity index (χ0n) is 26.8. The Hall–Kier alpha value is -3.67. The first-order valence-corrected chi connectivity index (χ1v) is 16.4. The van der Waals surface area contributed by atoms with Crippen LogP contribution >= 0.6 is 0 Å². The molecule has 0 unspecified atom stereocenters. The van der Waals surface area contributed by atoms with E-state index in [0.717, 1.165) is 31.2 Å². The summed E-state index contributed by atoms with van der Waals surface area (Å²) in [5, 5.41) is 21.9. The van der Waals surface area contributed by atoms with Gasteiger partial charge in [-0.2, -0.15) is 0 Å². The molecule has 5 amide bonds. The molecule has 12 nitrogen and oxygen atoms in total. The van der Waals surface area contributed by atoms with Crippen molar-refractivity contribution in [2.24, 2.45) is 11.8 Å². The number of ether oxygens (including phenoxy) is 1. The Balaban J connectivity index is 1.63. The topological polar surface area (TPSA) is 166 Å². The summed E-state index contributed by atoms with van der Waals surface area (Å²) in [6.07, 6.45) is 3.66. The minimum absolute atomic E-state index is 0.00970. The molecule has 45 heavy (non-hydrogen) atoms. The first-order valence-electron chi connectivity index (χ1n) is 16.4. The fourth-order valence-corrected chi connectivity index (χ4v) is 6.40. The van der Waals surface area contributed by atoms with Crippen molar-refractivity contribution in [2.75, 3.05) is 13.2 Å². The van der Waals surface area contributed by atoms with Gasteiger partial charge in [-0.15, -0.1) is 0 Å². The number of aliphatic hydroxyl groups is 1. The second kappa shape index (κ2) is 15.6. The summed E-state index contributed by atoms with van der Waals surface area (Å²) in [6.45, 7) is 7.53. The lowest BCUT2D eigenvalue weighted by Gasteiger charge is -2.30. The molecule has 12 heteroatoms. The Morgan fingerprint density at radius 3 is 2.36 bits per heavy atom. The lowest BCUT2D eigenvalue weighted by atomic mass is 10.0. The van der Waals surface area contributed by atoms with E-state index in [1.54, 1.807) is 26.0 Å². The van der Waals surface area contributed by atoms with Gasteiger partial charge in [-0.05, 0) is 56.2 Å². The molecule has 1 saturated carbocycles. The average Bonchev–Trinajstić information content (AvgIpc) is 3.68. The Labute approximate surface area is 265 Å². The summed E-state index contributed by atoms with van der Waals surface area (Å²) >= 11 is 0. The van der Waals surface area contributed by atoms with E-state index in [0.29, 0.717) is 12.2 Å². The van der Waals surface area contributed by atoms with Crippen LogP contribution in [-0.2, 0) is 30.4 Å². The average molecular weight is 628 g/mol. The highest BCUT2D eigenvalue weighted by Gasteiger charge is 2.42. The second-order valence-electron chi connectivity index (χ2n) is 13.1. The molecule has 5 N–H and O–H groups in total. The van der Waals surface area contributed by atoms with E-state index in [4.69, 9.17) is 4.74 Å². The van der Waals surface area contributed by atoms with Crippen molar-refractivity contribution in [3.8, 4) is 5.75 Å². The number of fused-ring (bicyclic) bond motifs is 14. The number of carbonyl (C=O) groups excluding carboxylic acids is 5. The minimum atomic E-state index is -1.01. The van der Waals surface area contributed by atoms with E-state index < -0.39 is 48.0 Å². The first-order chi connectivity index (χ1) is 21.4. The first kappa shape index (κ1) is 34.2. The number of hydrogen-bond acceptors (Lipinski definition) is 7. The van der Waals surface area contributed by atoms with Crippen molar-refractivity contribution in [2.45, 2.75) is 115 Å². The van der Waals surface area contributed by atoms with Crippen molar-refractivity contribution in [1.82, 2.24) is 26.2 Å². The van der Waals surface area contributed by atoms with Gasteiger partial charge in [0.25, 0.3) is 0 Å². The van der Waals surface area contributed by atoms with Crippen LogP contribution in [-0.4, -0.2) is 89.0 Å². The van der Waals surface area contributed by atoms with Crippen LogP contribution in [0, 0.1) is 11.8 Å². The largest absolute Gasteiger partial charge is 0.491 e. The molecule has 248 valence electrons. The van der Waals surface area contributed by atoms with Crippen LogP contribution < -0.4 is 26.0 Å². The van der Waals surface area contributed by atoms with E-state index in [1.807, 2.05) is 26.0 Å². The molecule has 0 spiro atoms. The standard InChI is InChI=1S/C33H49N5O7/c1-5-26-33(44)38-17-24(39)16-28(38)32(43)34-20(4)29(40)35-23(14-19(2)3)18-45-25-12-10-21(11-13-25)15-27(31(42)36-26)37-30(41)22-8-6-7-9-22/h10-13,19-20,22-24,26-28,39H,5-9,14-18H2,1-4H3,(H,34,43)(H,35,40)(H,36,42)(H,37,41)/t20-,23+,24-,26+,27+,28+/m1/s1. The van der Waals surface area contributed by atoms with Crippen molar-refractivity contribution >= 4 is 29.5 Å². The van der Waals surface area contributed by atoms with E-state index >= 15 is 0 Å². The molecule has 1 aromatic carbocycles. The normalized spacial score (nSPS) is 29.1. The Morgan fingerprint density at radius 1 is 1.02 bits per heavy atom. The third kappa shape index (κ3) is 9.18. The molecular formula is C33H49N5O7. The maximum atomic E-state index is 13.7. The third-order valence-electron chi connectivity index (χ3n) is 8.92. The highest BCUT2D eigenvalue weighted by atomic mass is 16.5. The molecule has 3 aliphatic heterocycles. The monoisotopic (exact) mass is 627 g/mol. The van der Waals surface area contributed by atoms with E-state index in [-0.39, 0.29) is 62.1 Å². The predicted molar refractivity (Wildman–Crippen MR) is 167 cm³/mol. The molecule has 1 aromatic rings. The van der Waals surface area contributed by atoms with Crippen LogP contribution in [0.4, 0.5) is 0 Å². The van der Waals surface area contributed by atoms with Gasteiger partial charge in [0, 0.05) is 25.3 Å². The number of hydrogen-bond donors (Lipinski definition) is 5. The summed E-state index contributed by atoms with van der Waals surface area (Å²) in [6, 6.07) is 3.10. The molecular weight excluding hydrogens is 578 g/mol. The van der Waals surface area contributed by atoms with Crippen LogP contribution in [0.25, 0.3) is 0 Å². The van der Waals surface area contributed by atoms with Crippen LogP contribution in [0.3, 0.4) is 0 Å². The molecule has 1 saturated heterocycles. The zero-order chi connectivity index (χ0) is 32.7. The van der Waals surface area contributed by atoms with Gasteiger partial charge in [0.1, 0.15) is 36.5 Å². The van der Waals surface area contributed by atoms with E-state index in [2.05, 4.69) is 21.3 Å². The lowest BCUT2D eigenvalue weighted by Crippen LogP contribution is -2.58. The lowest BCUT2D eigenvalue weighted by molar-refractivity contribution is -0.142. The summed E-state index contributed by atoms with van der Waals surface area (Å²) < 4.78 is 6.03. The third-order valence-corrected chi connectivity index (χ3v) is 8.92. The number of nitrogens with one attached hydrogen (secondary N) is 4. The van der Waals surface area contributed by atoms with Gasteiger partial charge in [0.2, 0.25) is 29.5 Å². The Kier molecular flexibility index (Phi) is 11.8. The molecule has 6 atom stereocenters. The quantitative estimate of drug-likeness (QED) is 0.306. The summed E-state index contributed by atoms with van der Waals surface area (Å²) in [5.41, 5.74) is 0.795. The summed E-state index contributed by atoms with van der Waals surface area (Å²) in [5.74, 6) is -1.42. The molecule has 2 fully saturated rings. The minimum Gasteiger partial charge on any atom is -0.491 e. The molecule has 4 aliphatic rings. The Morgan fingerprint density at radius 2 is 1.71 bits per heavy atom. The summed E-state index contributed by atoms with van der Waals surface area (Å²) in [7, 11) is 0. The van der Waals surface area contributed by atoms with E-state index in [1.165, 1.54) is 4.90 Å². The summed E-state index contributed by atoms with van der Waals surface area (Å²) in [4.78, 5) is 68.3. The number of amides is 5. The molecule has 3 heterocycles. The van der Waals surface area contributed by atoms with Gasteiger partial charge in [0.15, 0.2) is 0 Å². The fourth-order valence-electron chi connectivity index (χ4n) is 6.40. The second-order valence-corrected chi connectivity index (χ2v) is 13.1. The van der Waals surface area contributed by atoms with Gasteiger partial charge < -0.3 is 36.0 Å². The predicted octanol–water partition coefficient (Wildman–Crippen LogP) is 1.19. The van der Waals surface area contributed by atoms with Crippen LogP contribution in [0.5, 0.6) is 5.75 Å². The van der Waals surface area contributed by atoms with Crippen LogP contribution in [0.2, 0.25) is 0 Å². The van der Waals surface area contributed by atoms with Gasteiger partial charge in [-0.25, -0.2) is 0 Å². The zero-order valence-corrected chi connectivity index (χ0v) is 26.8. The van der Waals surface area contributed by atoms with Crippen molar-refractivity contribution in [3.63, 3.8) is 0 Å². The van der Waals surface area contributed by atoms with Crippen molar-refractivity contribution < 1.29 is 33.8 Å². The maximum absolute atomic E-state index is 13.7. The van der Waals surface area contributed by atoms with Gasteiger partial charge in [-0.3, -0.25) is 24.0 Å². The molecule has 0 radical (unpaired) electrons. The van der Waals surface area contributed by atoms with E-state index in [9.17, 15) is 29.1 Å². The number of carbonyl (C=O) groups is 5. The maximum Gasteiger partial charge on any atom is 0.245 e. The number of benzene rings is 1. The van der Waals surface area contributed by atoms with Crippen molar-refractivity contribution in [1.29, 1.82) is 0 Å². The van der Waals surface area contributed by atoms with Crippen molar-refractivity contribution in [3.05, 3.63) is 29.8 Å². The molecule has 0 aromatic heterocycles. The number of nitrogens with zero attached hydrogens (tertiary/aromatic N) is 1. The molecule has 5 rings (SSSR count). The molecule has 2 bridgehead atoms. The number of rotatable bonds is 5. The smallest absolute Gasteiger partial charge is 0.245 e. The molecule has 1 aliphatic carbocycles. The SMILES string of the molecule is CC[C@@H]1NC(=O)[C@@H](NC(=O)C2CCCC2)Cc2ccc(cc2)OC[C@H](CC(C)C)NC(=O)[C@@H](C)NC(=O)[C@@H]2C[C@@H](O)CN2C1=O. The highest BCUT2D eigenvalue weighted by molar-refractivity contribution is 5.96. The van der Waals surface area contributed by atoms with Gasteiger partial charge >= 0.3 is 0 Å². The van der Waals surface area contributed by atoms with Gasteiger partial charge in [0.05, 0.1) is 12.1 Å². The fraction of sp³-hybridized carbons (Fsp3) is 0.667. The Bertz CT molecular complexity index is 1220. The van der Waals surface area contributed by atoms with Crippen LogP contribution in [0.1, 0.15) is 78.2 Å². The van der Waals surface area contributed by atoms with Gasteiger partial charge in [-0.1, -0.05) is 45.7 Å².